The number of hydrogen-bond donors (Lipinski definition) is 0. The van der Waals surface area contributed by atoms with Gasteiger partial charge >= 0.3 is 11.9 Å². The minimum atomic E-state index is -5.11. The highest BCUT2D eigenvalue weighted by atomic mass is 32.2. The number of nitrogens with zero attached hydrogens (tertiary/aromatic N) is 6. The number of rotatable bonds is 6. The van der Waals surface area contributed by atoms with Crippen LogP contribution in [0.15, 0.2) is 58.9 Å². The van der Waals surface area contributed by atoms with Gasteiger partial charge in [-0.1, -0.05) is 20.4 Å². The number of carbonyl (C=O) groups excluding carboxylic acids is 1. The zero-order valence-corrected chi connectivity index (χ0v) is 26.5. The molecule has 0 saturated carbocycles. The van der Waals surface area contributed by atoms with E-state index in [1.807, 2.05) is 0 Å². The van der Waals surface area contributed by atoms with Gasteiger partial charge in [0, 0.05) is 43.7 Å². The molecule has 1 aromatic carbocycles. The molecule has 3 aromatic heterocycles. The van der Waals surface area contributed by atoms with Crippen LogP contribution in [0.5, 0.6) is 0 Å². The molecule has 0 aliphatic carbocycles. The number of sulfone groups is 1. The molecular weight excluding hydrogens is 647 g/mol. The number of aromatic nitrogens is 4. The van der Waals surface area contributed by atoms with Crippen LogP contribution in [0, 0.1) is 11.6 Å². The Hall–Kier alpha value is -4.73. The van der Waals surface area contributed by atoms with Crippen molar-refractivity contribution in [2.45, 2.75) is 43.8 Å². The van der Waals surface area contributed by atoms with Crippen molar-refractivity contribution in [3.8, 4) is 16.9 Å². The number of amides is 1. The molecule has 5 rings (SSSR count). The molecule has 0 bridgehead atoms. The maximum Gasteiger partial charge on any atom is 0.417 e. The molecule has 0 unspecified atom stereocenters. The first-order chi connectivity index (χ1) is 21.9. The van der Waals surface area contributed by atoms with Gasteiger partial charge in [-0.15, -0.1) is 0 Å². The van der Waals surface area contributed by atoms with Gasteiger partial charge in [0.2, 0.25) is 5.91 Å². The molecule has 248 valence electrons. The minimum Gasteiger partial charge on any atom is -0.350 e. The summed E-state index contributed by atoms with van der Waals surface area (Å²) in [5.74, 6) is -3.34. The van der Waals surface area contributed by atoms with Crippen molar-refractivity contribution < 1.29 is 35.2 Å². The Morgan fingerprint density at radius 2 is 1.81 bits per heavy atom. The summed E-state index contributed by atoms with van der Waals surface area (Å²) in [7, 11) is -4.06. The van der Waals surface area contributed by atoms with Crippen LogP contribution in [0.25, 0.3) is 28.0 Å². The number of anilines is 1. The van der Waals surface area contributed by atoms with E-state index in [1.165, 1.54) is 11.1 Å². The highest BCUT2D eigenvalue weighted by molar-refractivity contribution is 7.90. The lowest BCUT2D eigenvalue weighted by molar-refractivity contribution is -0.137. The second kappa shape index (κ2) is 12.1. The van der Waals surface area contributed by atoms with Gasteiger partial charge in [0.25, 0.3) is 0 Å². The molecule has 1 amide bonds. The summed E-state index contributed by atoms with van der Waals surface area (Å²) in [5, 5.41) is -0.130. The quantitative estimate of drug-likeness (QED) is 0.209. The van der Waals surface area contributed by atoms with E-state index in [1.54, 1.807) is 25.7 Å². The number of benzene rings is 1. The van der Waals surface area contributed by atoms with E-state index in [9.17, 15) is 35.6 Å². The highest BCUT2D eigenvalue weighted by Crippen LogP contribution is 2.40. The van der Waals surface area contributed by atoms with Crippen LogP contribution < -0.4 is 10.6 Å². The van der Waals surface area contributed by atoms with Crippen molar-refractivity contribution in [1.82, 2.24) is 24.4 Å². The number of pyridine rings is 2. The predicted octanol–water partition coefficient (Wildman–Crippen LogP) is 4.89. The molecule has 1 fully saturated rings. The fraction of sp³-hybridized carbons (Fsp3) is 0.323. The van der Waals surface area contributed by atoms with Crippen molar-refractivity contribution in [3.63, 3.8) is 0 Å². The van der Waals surface area contributed by atoms with E-state index in [0.717, 1.165) is 35.1 Å². The highest BCUT2D eigenvalue weighted by Gasteiger charge is 2.36. The standard InChI is InChI=1S/C31H29F5N6O4S/c1-6-24(43)40-11-12-41(17(4)15-40)28-20-14-22(33)26(19-8-7-18(32)13-21(19)31(34,35)36)38-29(20)42(30(44)39-28)27-23(47(5,45)46)9-10-37-25(27)16(2)3/h6-10,13-14,16-17H,1,11-12,15H2,2-5H3/t17-/m0/s1. The lowest BCUT2D eigenvalue weighted by Crippen LogP contribution is -2.54. The molecule has 10 nitrogen and oxygen atoms in total. The summed E-state index contributed by atoms with van der Waals surface area (Å²) >= 11 is 0. The van der Waals surface area contributed by atoms with Crippen LogP contribution in [0.2, 0.25) is 0 Å². The third kappa shape index (κ3) is 6.21. The van der Waals surface area contributed by atoms with Crippen LogP contribution in [-0.2, 0) is 20.8 Å². The zero-order valence-electron chi connectivity index (χ0n) is 25.6. The van der Waals surface area contributed by atoms with Crippen molar-refractivity contribution in [2.75, 3.05) is 30.8 Å². The molecule has 1 saturated heterocycles. The maximum absolute atomic E-state index is 16.0. The van der Waals surface area contributed by atoms with E-state index < -0.39 is 67.8 Å². The molecule has 47 heavy (non-hydrogen) atoms. The number of halogens is 5. The average Bonchev–Trinajstić information content (AvgIpc) is 2.99. The van der Waals surface area contributed by atoms with E-state index >= 15 is 4.39 Å². The number of carbonyl (C=O) groups is 1. The Kier molecular flexibility index (Phi) is 8.68. The summed E-state index contributed by atoms with van der Waals surface area (Å²) in [4.78, 5) is 41.9. The van der Waals surface area contributed by atoms with Gasteiger partial charge in [-0.25, -0.2) is 31.5 Å². The van der Waals surface area contributed by atoms with Gasteiger partial charge in [-0.3, -0.25) is 9.78 Å². The first kappa shape index (κ1) is 33.6. The van der Waals surface area contributed by atoms with Gasteiger partial charge in [0.15, 0.2) is 15.5 Å². The third-order valence-electron chi connectivity index (χ3n) is 7.81. The number of piperazine rings is 1. The topological polar surface area (TPSA) is 118 Å². The number of alkyl halides is 3. The van der Waals surface area contributed by atoms with E-state index in [4.69, 9.17) is 0 Å². The number of hydrogen-bond acceptors (Lipinski definition) is 8. The summed E-state index contributed by atoms with van der Waals surface area (Å²) in [5.41, 5.74) is -4.77. The first-order valence-electron chi connectivity index (χ1n) is 14.3. The van der Waals surface area contributed by atoms with Crippen molar-refractivity contribution in [3.05, 3.63) is 82.6 Å². The molecule has 0 radical (unpaired) electrons. The van der Waals surface area contributed by atoms with Gasteiger partial charge in [0.05, 0.1) is 27.2 Å². The maximum atomic E-state index is 16.0. The molecular formula is C31H29F5N6O4S. The lowest BCUT2D eigenvalue weighted by atomic mass is 10.0. The van der Waals surface area contributed by atoms with Crippen LogP contribution in [0.1, 0.15) is 37.9 Å². The molecule has 0 spiro atoms. The first-order valence-corrected chi connectivity index (χ1v) is 16.2. The second-order valence-electron chi connectivity index (χ2n) is 11.4. The van der Waals surface area contributed by atoms with E-state index in [2.05, 4.69) is 21.5 Å². The van der Waals surface area contributed by atoms with Crippen molar-refractivity contribution >= 4 is 32.6 Å². The Labute approximate surface area is 266 Å². The van der Waals surface area contributed by atoms with Gasteiger partial charge in [-0.2, -0.15) is 18.2 Å². The van der Waals surface area contributed by atoms with E-state index in [0.29, 0.717) is 6.07 Å². The Balaban J connectivity index is 1.91. The van der Waals surface area contributed by atoms with Crippen LogP contribution >= 0.6 is 0 Å². The Morgan fingerprint density at radius 1 is 1.11 bits per heavy atom. The molecule has 4 heterocycles. The van der Waals surface area contributed by atoms with Gasteiger partial charge < -0.3 is 9.80 Å². The largest absolute Gasteiger partial charge is 0.417 e. The van der Waals surface area contributed by atoms with Crippen molar-refractivity contribution in [2.24, 2.45) is 0 Å². The summed E-state index contributed by atoms with van der Waals surface area (Å²) in [6.07, 6.45) is -1.81. The molecule has 1 aliphatic heterocycles. The average molecular weight is 677 g/mol. The van der Waals surface area contributed by atoms with Gasteiger partial charge in [-0.05, 0) is 49.2 Å². The second-order valence-corrected chi connectivity index (χ2v) is 13.4. The third-order valence-corrected chi connectivity index (χ3v) is 8.94. The lowest BCUT2D eigenvalue weighted by Gasteiger charge is -2.40. The SMILES string of the molecule is C=CC(=O)N1CCN(c2nc(=O)n(-c3c(S(C)(=O)=O)ccnc3C(C)C)c3nc(-c4ccc(F)cc4C(F)(F)F)c(F)cc23)[C@@H](C)C1. The molecule has 16 heteroatoms. The smallest absolute Gasteiger partial charge is 0.350 e. The predicted molar refractivity (Wildman–Crippen MR) is 164 cm³/mol. The van der Waals surface area contributed by atoms with Crippen LogP contribution in [0.4, 0.5) is 27.8 Å². The minimum absolute atomic E-state index is 0.0801. The fourth-order valence-corrected chi connectivity index (χ4v) is 6.53. The van der Waals surface area contributed by atoms with Gasteiger partial charge in [0.1, 0.15) is 23.1 Å². The Bertz CT molecular complexity index is 2100. The number of fused-ring (bicyclic) bond motifs is 1. The summed E-state index contributed by atoms with van der Waals surface area (Å²) in [6, 6.07) is 3.19. The zero-order chi connectivity index (χ0) is 34.6. The van der Waals surface area contributed by atoms with Crippen LogP contribution in [0.3, 0.4) is 0 Å². The van der Waals surface area contributed by atoms with E-state index in [-0.39, 0.29) is 59.1 Å². The normalized spacial score (nSPS) is 15.8. The molecule has 4 aromatic rings. The monoisotopic (exact) mass is 676 g/mol. The molecule has 0 N–H and O–H groups in total. The molecule has 1 atom stereocenters. The van der Waals surface area contributed by atoms with Crippen LogP contribution in [-0.4, -0.2) is 70.7 Å². The summed E-state index contributed by atoms with van der Waals surface area (Å²) < 4.78 is 99.0. The van der Waals surface area contributed by atoms with Crippen molar-refractivity contribution in [1.29, 1.82) is 0 Å². The summed E-state index contributed by atoms with van der Waals surface area (Å²) in [6.45, 7) is 9.08. The Morgan fingerprint density at radius 3 is 2.40 bits per heavy atom. The fourth-order valence-electron chi connectivity index (χ4n) is 5.67. The molecule has 1 aliphatic rings.